The molecule has 0 aliphatic heterocycles. The Morgan fingerprint density at radius 3 is 2.11 bits per heavy atom. The molecule has 4 N–H and O–H groups in total. The monoisotopic (exact) mass is 285 g/mol. The molecule has 0 saturated heterocycles. The van der Waals surface area contributed by atoms with Crippen LogP contribution < -0.4 is 16.4 Å². The van der Waals surface area contributed by atoms with E-state index in [0.717, 1.165) is 38.5 Å². The zero-order valence-electron chi connectivity index (χ0n) is 11.5. The topological polar surface area (TPSA) is 84.2 Å². The van der Waals surface area contributed by atoms with Gasteiger partial charge in [0.15, 0.2) is 0 Å². The van der Waals surface area contributed by atoms with Crippen molar-refractivity contribution in [3.05, 3.63) is 0 Å². The minimum absolute atomic E-state index is 0.0905. The van der Waals surface area contributed by atoms with Gasteiger partial charge >= 0.3 is 0 Å². The van der Waals surface area contributed by atoms with Crippen LogP contribution in [0.5, 0.6) is 0 Å². The second-order valence-corrected chi connectivity index (χ2v) is 5.54. The van der Waals surface area contributed by atoms with Crippen LogP contribution in [0.25, 0.3) is 0 Å². The molecule has 0 heterocycles. The van der Waals surface area contributed by atoms with Crippen molar-refractivity contribution >= 4 is 29.0 Å². The molecule has 0 unspecified atom stereocenters. The highest BCUT2D eigenvalue weighted by atomic mass is 32.1. The normalized spacial score (nSPS) is 18.2. The SMILES string of the molecule is CC(=O)NCCNC(=O)C1(C(N)=S)CCCCCC1. The number of thiocarbonyl (C=S) groups is 1. The zero-order valence-corrected chi connectivity index (χ0v) is 12.3. The van der Waals surface area contributed by atoms with E-state index < -0.39 is 5.41 Å². The number of rotatable bonds is 5. The lowest BCUT2D eigenvalue weighted by molar-refractivity contribution is -0.128. The summed E-state index contributed by atoms with van der Waals surface area (Å²) in [7, 11) is 0. The predicted octanol–water partition coefficient (Wildman–Crippen LogP) is 0.865. The molecule has 19 heavy (non-hydrogen) atoms. The van der Waals surface area contributed by atoms with E-state index in [1.54, 1.807) is 0 Å². The third kappa shape index (κ3) is 4.45. The van der Waals surface area contributed by atoms with Gasteiger partial charge in [0.2, 0.25) is 11.8 Å². The Balaban J connectivity index is 2.57. The van der Waals surface area contributed by atoms with E-state index in [9.17, 15) is 9.59 Å². The number of carbonyl (C=O) groups is 2. The van der Waals surface area contributed by atoms with Gasteiger partial charge in [-0.3, -0.25) is 9.59 Å². The standard InChI is InChI=1S/C13H23N3O2S/c1-10(17)15-8-9-16-12(18)13(11(14)19)6-4-2-3-5-7-13/h2-9H2,1H3,(H2,14,19)(H,15,17)(H,16,18). The Bertz CT molecular complexity index is 350. The minimum Gasteiger partial charge on any atom is -0.392 e. The van der Waals surface area contributed by atoms with Crippen LogP contribution in [0.3, 0.4) is 0 Å². The average molecular weight is 285 g/mol. The van der Waals surface area contributed by atoms with E-state index >= 15 is 0 Å². The van der Waals surface area contributed by atoms with Gasteiger partial charge < -0.3 is 16.4 Å². The third-order valence-corrected chi connectivity index (χ3v) is 4.04. The van der Waals surface area contributed by atoms with Crippen LogP contribution in [0.4, 0.5) is 0 Å². The van der Waals surface area contributed by atoms with Gasteiger partial charge in [-0.05, 0) is 12.8 Å². The number of amides is 2. The van der Waals surface area contributed by atoms with Crippen molar-refractivity contribution in [1.82, 2.24) is 10.6 Å². The molecule has 1 rings (SSSR count). The van der Waals surface area contributed by atoms with E-state index in [-0.39, 0.29) is 11.8 Å². The fraction of sp³-hybridized carbons (Fsp3) is 0.769. The molecule has 1 saturated carbocycles. The van der Waals surface area contributed by atoms with Crippen LogP contribution >= 0.6 is 12.2 Å². The molecule has 1 aliphatic rings. The maximum atomic E-state index is 12.4. The summed E-state index contributed by atoms with van der Waals surface area (Å²) in [6.07, 6.45) is 5.68. The fourth-order valence-electron chi connectivity index (χ4n) is 2.50. The first-order valence-electron chi connectivity index (χ1n) is 6.82. The average Bonchev–Trinajstić information content (AvgIpc) is 2.60. The summed E-state index contributed by atoms with van der Waals surface area (Å²) in [6, 6.07) is 0. The van der Waals surface area contributed by atoms with Gasteiger partial charge in [-0.25, -0.2) is 0 Å². The Morgan fingerprint density at radius 2 is 1.63 bits per heavy atom. The van der Waals surface area contributed by atoms with E-state index in [2.05, 4.69) is 10.6 Å². The highest BCUT2D eigenvalue weighted by Gasteiger charge is 2.41. The molecule has 1 fully saturated rings. The first-order chi connectivity index (χ1) is 8.99. The summed E-state index contributed by atoms with van der Waals surface area (Å²) >= 11 is 5.13. The first-order valence-corrected chi connectivity index (χ1v) is 7.22. The van der Waals surface area contributed by atoms with Gasteiger partial charge in [-0.15, -0.1) is 0 Å². The van der Waals surface area contributed by atoms with Crippen molar-refractivity contribution in [3.8, 4) is 0 Å². The van der Waals surface area contributed by atoms with Gasteiger partial charge in [-0.2, -0.15) is 0 Å². The molecule has 0 aromatic rings. The molecule has 0 aromatic carbocycles. The van der Waals surface area contributed by atoms with E-state index in [0.29, 0.717) is 18.1 Å². The van der Waals surface area contributed by atoms with E-state index in [4.69, 9.17) is 18.0 Å². The lowest BCUT2D eigenvalue weighted by Crippen LogP contribution is -2.50. The van der Waals surface area contributed by atoms with Crippen molar-refractivity contribution < 1.29 is 9.59 Å². The van der Waals surface area contributed by atoms with Gasteiger partial charge in [0.05, 0.1) is 10.4 Å². The second kappa shape index (κ2) is 7.43. The molecule has 108 valence electrons. The Kier molecular flexibility index (Phi) is 6.21. The van der Waals surface area contributed by atoms with Crippen molar-refractivity contribution in [2.24, 2.45) is 11.1 Å². The summed E-state index contributed by atoms with van der Waals surface area (Å²) in [4.78, 5) is 23.4. The molecule has 1 aliphatic carbocycles. The van der Waals surface area contributed by atoms with Crippen LogP contribution in [-0.2, 0) is 9.59 Å². The largest absolute Gasteiger partial charge is 0.392 e. The maximum Gasteiger partial charge on any atom is 0.233 e. The number of nitrogens with one attached hydrogen (secondary N) is 2. The van der Waals surface area contributed by atoms with Crippen LogP contribution in [0.2, 0.25) is 0 Å². The molecule has 0 bridgehead atoms. The highest BCUT2D eigenvalue weighted by molar-refractivity contribution is 7.80. The summed E-state index contributed by atoms with van der Waals surface area (Å²) < 4.78 is 0. The van der Waals surface area contributed by atoms with Crippen molar-refractivity contribution in [2.75, 3.05) is 13.1 Å². The Hall–Kier alpha value is -1.17. The number of nitrogens with two attached hydrogens (primary N) is 1. The molecule has 0 radical (unpaired) electrons. The molecule has 0 atom stereocenters. The Labute approximate surface area is 119 Å². The zero-order chi connectivity index (χ0) is 14.3. The molecule has 0 aromatic heterocycles. The highest BCUT2D eigenvalue weighted by Crippen LogP contribution is 2.35. The first kappa shape index (κ1) is 15.9. The summed E-state index contributed by atoms with van der Waals surface area (Å²) in [5, 5.41) is 5.48. The summed E-state index contributed by atoms with van der Waals surface area (Å²) in [5.74, 6) is -0.194. The summed E-state index contributed by atoms with van der Waals surface area (Å²) in [5.41, 5.74) is 5.13. The molecular formula is C13H23N3O2S. The lowest BCUT2D eigenvalue weighted by Gasteiger charge is -2.30. The van der Waals surface area contributed by atoms with Gasteiger partial charge in [-0.1, -0.05) is 37.9 Å². The Morgan fingerprint density at radius 1 is 1.11 bits per heavy atom. The number of hydrogen-bond donors (Lipinski definition) is 3. The fourth-order valence-corrected chi connectivity index (χ4v) is 2.80. The van der Waals surface area contributed by atoms with E-state index in [1.165, 1.54) is 6.92 Å². The molecule has 0 spiro atoms. The van der Waals surface area contributed by atoms with Crippen molar-refractivity contribution in [3.63, 3.8) is 0 Å². The third-order valence-electron chi connectivity index (χ3n) is 3.65. The summed E-state index contributed by atoms with van der Waals surface area (Å²) in [6.45, 7) is 2.28. The second-order valence-electron chi connectivity index (χ2n) is 5.10. The smallest absolute Gasteiger partial charge is 0.233 e. The number of hydrogen-bond acceptors (Lipinski definition) is 3. The van der Waals surface area contributed by atoms with E-state index in [1.807, 2.05) is 0 Å². The molecular weight excluding hydrogens is 262 g/mol. The van der Waals surface area contributed by atoms with Gasteiger partial charge in [0.25, 0.3) is 0 Å². The molecule has 5 nitrogen and oxygen atoms in total. The van der Waals surface area contributed by atoms with Crippen molar-refractivity contribution in [2.45, 2.75) is 45.4 Å². The lowest BCUT2D eigenvalue weighted by atomic mass is 9.79. The maximum absolute atomic E-state index is 12.4. The van der Waals surface area contributed by atoms with Crippen molar-refractivity contribution in [1.29, 1.82) is 0 Å². The molecule has 2 amide bonds. The van der Waals surface area contributed by atoms with Crippen LogP contribution in [0.1, 0.15) is 45.4 Å². The minimum atomic E-state index is -0.692. The van der Waals surface area contributed by atoms with Gasteiger partial charge in [0.1, 0.15) is 0 Å². The predicted molar refractivity (Wildman–Crippen MR) is 78.6 cm³/mol. The van der Waals surface area contributed by atoms with Crippen LogP contribution in [0, 0.1) is 5.41 Å². The van der Waals surface area contributed by atoms with Crippen LogP contribution in [-0.4, -0.2) is 29.9 Å². The molecule has 6 heteroatoms. The quantitative estimate of drug-likeness (QED) is 0.397. The number of carbonyl (C=O) groups excluding carboxylic acids is 2. The van der Waals surface area contributed by atoms with Gasteiger partial charge in [0, 0.05) is 20.0 Å². The van der Waals surface area contributed by atoms with Crippen LogP contribution in [0.15, 0.2) is 0 Å².